The minimum absolute atomic E-state index is 0.110. The van der Waals surface area contributed by atoms with Crippen molar-refractivity contribution in [1.82, 2.24) is 0 Å². The predicted molar refractivity (Wildman–Crippen MR) is 69.1 cm³/mol. The zero-order valence-electron chi connectivity index (χ0n) is 8.42. The fourth-order valence-electron chi connectivity index (χ4n) is 1.01. The second-order valence-corrected chi connectivity index (χ2v) is 4.63. The van der Waals surface area contributed by atoms with Gasteiger partial charge in [0.15, 0.2) is 5.12 Å². The summed E-state index contributed by atoms with van der Waals surface area (Å²) >= 11 is 4.63. The Labute approximate surface area is 103 Å². The highest BCUT2D eigenvalue weighted by molar-refractivity contribution is 9.08. The van der Waals surface area contributed by atoms with E-state index in [1.807, 2.05) is 24.3 Å². The van der Waals surface area contributed by atoms with Crippen LogP contribution in [-0.2, 0) is 10.1 Å². The molecule has 0 amide bonds. The minimum atomic E-state index is 0.110. The number of benzene rings is 1. The lowest BCUT2D eigenvalue weighted by atomic mass is 10.1. The van der Waals surface area contributed by atoms with Crippen LogP contribution in [0.3, 0.4) is 0 Å². The van der Waals surface area contributed by atoms with E-state index in [0.29, 0.717) is 5.75 Å². The van der Waals surface area contributed by atoms with Gasteiger partial charge in [-0.15, -0.1) is 0 Å². The van der Waals surface area contributed by atoms with E-state index in [-0.39, 0.29) is 5.12 Å². The van der Waals surface area contributed by atoms with E-state index >= 15 is 0 Å². The highest BCUT2D eigenvalue weighted by atomic mass is 79.9. The van der Waals surface area contributed by atoms with Gasteiger partial charge >= 0.3 is 0 Å². The number of alkyl halides is 1. The largest absolute Gasteiger partial charge is 0.288 e. The van der Waals surface area contributed by atoms with Gasteiger partial charge < -0.3 is 0 Å². The van der Waals surface area contributed by atoms with Crippen molar-refractivity contribution in [2.45, 2.75) is 12.3 Å². The number of hydrogen-bond acceptors (Lipinski definition) is 2. The van der Waals surface area contributed by atoms with Crippen molar-refractivity contribution in [2.75, 3.05) is 5.75 Å². The van der Waals surface area contributed by atoms with Crippen LogP contribution < -0.4 is 0 Å². The maximum Gasteiger partial charge on any atom is 0.186 e. The SMILES string of the molecule is CC(=O)SCC#Cc1cccc(CBr)c1. The van der Waals surface area contributed by atoms with Gasteiger partial charge in [0.1, 0.15) is 0 Å². The number of rotatable bonds is 2. The van der Waals surface area contributed by atoms with Gasteiger partial charge in [-0.05, 0) is 17.7 Å². The van der Waals surface area contributed by atoms with Crippen LogP contribution in [0.25, 0.3) is 0 Å². The molecule has 0 aliphatic heterocycles. The molecule has 0 heterocycles. The number of hydrogen-bond donors (Lipinski definition) is 0. The van der Waals surface area contributed by atoms with E-state index in [0.717, 1.165) is 10.9 Å². The van der Waals surface area contributed by atoms with Crippen molar-refractivity contribution in [3.05, 3.63) is 35.4 Å². The Morgan fingerprint density at radius 2 is 2.33 bits per heavy atom. The first-order chi connectivity index (χ1) is 7.22. The molecule has 0 atom stereocenters. The van der Waals surface area contributed by atoms with E-state index in [2.05, 4.69) is 27.8 Å². The van der Waals surface area contributed by atoms with Crippen molar-refractivity contribution < 1.29 is 4.79 Å². The molecule has 1 aromatic rings. The Morgan fingerprint density at radius 1 is 1.53 bits per heavy atom. The third-order valence-corrected chi connectivity index (χ3v) is 3.00. The zero-order chi connectivity index (χ0) is 11.1. The first kappa shape index (κ1) is 12.4. The van der Waals surface area contributed by atoms with Crippen LogP contribution in [0.2, 0.25) is 0 Å². The first-order valence-corrected chi connectivity index (χ1v) is 6.60. The van der Waals surface area contributed by atoms with Crippen LogP contribution in [0.15, 0.2) is 24.3 Å². The van der Waals surface area contributed by atoms with Gasteiger partial charge in [-0.2, -0.15) is 0 Å². The first-order valence-electron chi connectivity index (χ1n) is 4.49. The number of thioether (sulfide) groups is 1. The van der Waals surface area contributed by atoms with Crippen molar-refractivity contribution in [3.63, 3.8) is 0 Å². The summed E-state index contributed by atoms with van der Waals surface area (Å²) in [5.74, 6) is 6.56. The maximum atomic E-state index is 10.6. The lowest BCUT2D eigenvalue weighted by Gasteiger charge is -1.94. The van der Waals surface area contributed by atoms with Crippen LogP contribution in [0.5, 0.6) is 0 Å². The van der Waals surface area contributed by atoms with E-state index in [1.165, 1.54) is 17.3 Å². The average molecular weight is 283 g/mol. The Balaban J connectivity index is 2.59. The number of halogens is 1. The normalized spacial score (nSPS) is 9.20. The number of carbonyl (C=O) groups excluding carboxylic acids is 1. The molecule has 0 spiro atoms. The average Bonchev–Trinajstić information content (AvgIpc) is 2.24. The third kappa shape index (κ3) is 5.06. The monoisotopic (exact) mass is 282 g/mol. The third-order valence-electron chi connectivity index (χ3n) is 1.66. The molecule has 1 nitrogen and oxygen atoms in total. The molecule has 0 unspecified atom stereocenters. The van der Waals surface area contributed by atoms with Gasteiger partial charge in [0, 0.05) is 17.8 Å². The molecule has 0 aromatic heterocycles. The van der Waals surface area contributed by atoms with Gasteiger partial charge in [0.05, 0.1) is 5.75 Å². The van der Waals surface area contributed by atoms with Gasteiger partial charge in [-0.25, -0.2) is 0 Å². The second-order valence-electron chi connectivity index (χ2n) is 2.92. The van der Waals surface area contributed by atoms with Crippen molar-refractivity contribution in [1.29, 1.82) is 0 Å². The molecule has 0 saturated heterocycles. The zero-order valence-corrected chi connectivity index (χ0v) is 10.8. The van der Waals surface area contributed by atoms with Crippen LogP contribution in [0.4, 0.5) is 0 Å². The van der Waals surface area contributed by atoms with Crippen molar-refractivity contribution in [2.24, 2.45) is 0 Å². The Morgan fingerprint density at radius 3 is 3.00 bits per heavy atom. The molecule has 78 valence electrons. The molecule has 0 bridgehead atoms. The van der Waals surface area contributed by atoms with E-state index in [4.69, 9.17) is 0 Å². The molecule has 1 aromatic carbocycles. The van der Waals surface area contributed by atoms with Crippen LogP contribution in [0.1, 0.15) is 18.1 Å². The Hall–Kier alpha value is -0.720. The summed E-state index contributed by atoms with van der Waals surface area (Å²) < 4.78 is 0. The van der Waals surface area contributed by atoms with Gasteiger partial charge in [0.2, 0.25) is 0 Å². The van der Waals surface area contributed by atoms with Crippen LogP contribution >= 0.6 is 27.7 Å². The maximum absolute atomic E-state index is 10.6. The quantitative estimate of drug-likeness (QED) is 0.612. The van der Waals surface area contributed by atoms with Gasteiger partial charge in [0.25, 0.3) is 0 Å². The molecular formula is C12H11BrOS. The topological polar surface area (TPSA) is 17.1 Å². The fraction of sp³-hybridized carbons (Fsp3) is 0.250. The summed E-state index contributed by atoms with van der Waals surface area (Å²) in [7, 11) is 0. The van der Waals surface area contributed by atoms with E-state index in [1.54, 1.807) is 6.92 Å². The molecule has 0 radical (unpaired) electrons. The summed E-state index contributed by atoms with van der Waals surface area (Å²) in [6.45, 7) is 1.55. The second kappa shape index (κ2) is 6.71. The molecule has 1 rings (SSSR count). The van der Waals surface area contributed by atoms with Crippen LogP contribution in [0, 0.1) is 11.8 Å². The summed E-state index contributed by atoms with van der Waals surface area (Å²) in [6, 6.07) is 8.04. The van der Waals surface area contributed by atoms with Crippen LogP contribution in [-0.4, -0.2) is 10.9 Å². The molecule has 0 fully saturated rings. The highest BCUT2D eigenvalue weighted by Gasteiger charge is 1.91. The van der Waals surface area contributed by atoms with Gasteiger partial charge in [-0.1, -0.05) is 51.7 Å². The molecular weight excluding hydrogens is 272 g/mol. The molecule has 0 aliphatic rings. The molecule has 0 saturated carbocycles. The molecule has 0 aliphatic carbocycles. The molecule has 0 N–H and O–H groups in total. The Bertz CT molecular complexity index is 404. The summed E-state index contributed by atoms with van der Waals surface area (Å²) in [4.78, 5) is 10.6. The van der Waals surface area contributed by atoms with Crippen molar-refractivity contribution in [3.8, 4) is 11.8 Å². The lowest BCUT2D eigenvalue weighted by Crippen LogP contribution is -1.83. The standard InChI is InChI=1S/C12H11BrOS/c1-10(14)15-7-3-6-11-4-2-5-12(8-11)9-13/h2,4-5,8H,7,9H2,1H3. The lowest BCUT2D eigenvalue weighted by molar-refractivity contribution is -0.109. The fourth-order valence-corrected chi connectivity index (χ4v) is 1.70. The molecule has 15 heavy (non-hydrogen) atoms. The van der Waals surface area contributed by atoms with Gasteiger partial charge in [-0.3, -0.25) is 4.79 Å². The smallest absolute Gasteiger partial charge is 0.186 e. The summed E-state index contributed by atoms with van der Waals surface area (Å²) in [5.41, 5.74) is 2.21. The minimum Gasteiger partial charge on any atom is -0.288 e. The molecule has 3 heteroatoms. The highest BCUT2D eigenvalue weighted by Crippen LogP contribution is 2.07. The van der Waals surface area contributed by atoms with E-state index < -0.39 is 0 Å². The summed E-state index contributed by atoms with van der Waals surface area (Å²) in [5, 5.41) is 0.948. The Kier molecular flexibility index (Phi) is 5.52. The summed E-state index contributed by atoms with van der Waals surface area (Å²) in [6.07, 6.45) is 0. The van der Waals surface area contributed by atoms with E-state index in [9.17, 15) is 4.79 Å². The predicted octanol–water partition coefficient (Wildman–Crippen LogP) is 3.21. The number of carbonyl (C=O) groups is 1. The van der Waals surface area contributed by atoms with Crippen molar-refractivity contribution >= 4 is 32.8 Å².